The minimum absolute atomic E-state index is 0.0371. The maximum atomic E-state index is 13.2. The molecule has 3 amide bonds. The molecule has 3 fully saturated rings. The van der Waals surface area contributed by atoms with E-state index >= 15 is 0 Å². The van der Waals surface area contributed by atoms with Crippen molar-refractivity contribution in [1.82, 2.24) is 14.7 Å². The zero-order valence-electron chi connectivity index (χ0n) is 16.8. The maximum Gasteiger partial charge on any atom is 0.254 e. The summed E-state index contributed by atoms with van der Waals surface area (Å²) in [5.41, 5.74) is 0.459. The monoisotopic (exact) mass is 389 g/mol. The lowest BCUT2D eigenvalue weighted by Crippen LogP contribution is -2.51. The number of hydrogen-bond acceptors (Lipinski definition) is 5. The fraction of sp³-hybridized carbons (Fsp3) is 0.550. The van der Waals surface area contributed by atoms with Crippen molar-refractivity contribution in [3.63, 3.8) is 0 Å². The van der Waals surface area contributed by atoms with E-state index in [2.05, 4.69) is 0 Å². The van der Waals surface area contributed by atoms with Crippen LogP contribution >= 0.6 is 0 Å². The molecule has 0 spiro atoms. The highest BCUT2D eigenvalue weighted by Crippen LogP contribution is 2.31. The van der Waals surface area contributed by atoms with Crippen molar-refractivity contribution in [3.8, 4) is 11.5 Å². The van der Waals surface area contributed by atoms with Crippen molar-refractivity contribution in [2.75, 3.05) is 47.9 Å². The number of methoxy groups -OCH3 is 2. The largest absolute Gasteiger partial charge is 0.497 e. The Bertz CT molecular complexity index is 757. The zero-order chi connectivity index (χ0) is 20.4. The van der Waals surface area contributed by atoms with Gasteiger partial charge in [0, 0.05) is 44.9 Å². The van der Waals surface area contributed by atoms with E-state index in [4.69, 9.17) is 9.47 Å². The Morgan fingerprint density at radius 3 is 2.29 bits per heavy atom. The number of ether oxygens (including phenoxy) is 2. The highest BCUT2D eigenvalue weighted by molar-refractivity contribution is 5.96. The number of hydrogen-bond donors (Lipinski definition) is 0. The van der Waals surface area contributed by atoms with Crippen LogP contribution in [0.2, 0.25) is 0 Å². The molecule has 2 bridgehead atoms. The molecule has 3 aliphatic rings. The van der Waals surface area contributed by atoms with Crippen molar-refractivity contribution >= 4 is 17.7 Å². The number of amides is 3. The Morgan fingerprint density at radius 1 is 1.07 bits per heavy atom. The van der Waals surface area contributed by atoms with E-state index in [0.29, 0.717) is 30.2 Å². The molecule has 152 valence electrons. The smallest absolute Gasteiger partial charge is 0.254 e. The van der Waals surface area contributed by atoms with Crippen molar-refractivity contribution in [1.29, 1.82) is 0 Å². The summed E-state index contributed by atoms with van der Waals surface area (Å²) in [4.78, 5) is 43.0. The maximum absolute atomic E-state index is 13.2. The van der Waals surface area contributed by atoms with Gasteiger partial charge >= 0.3 is 0 Å². The summed E-state index contributed by atoms with van der Waals surface area (Å²) >= 11 is 0. The molecule has 8 heteroatoms. The van der Waals surface area contributed by atoms with E-state index in [1.54, 1.807) is 42.1 Å². The highest BCUT2D eigenvalue weighted by atomic mass is 16.5. The molecule has 0 radical (unpaired) electrons. The van der Waals surface area contributed by atoms with Crippen LogP contribution in [-0.4, -0.2) is 86.4 Å². The molecule has 28 heavy (non-hydrogen) atoms. The predicted octanol–water partition coefficient (Wildman–Crippen LogP) is 0.855. The molecule has 0 N–H and O–H groups in total. The Morgan fingerprint density at radius 2 is 1.71 bits per heavy atom. The number of carbonyl (C=O) groups excluding carboxylic acids is 3. The number of rotatable bonds is 5. The first-order valence-electron chi connectivity index (χ1n) is 9.37. The molecule has 3 aliphatic heterocycles. The van der Waals surface area contributed by atoms with Crippen LogP contribution in [0.1, 0.15) is 23.2 Å². The Balaban J connectivity index is 1.83. The van der Waals surface area contributed by atoms with Crippen LogP contribution in [0, 0.1) is 5.92 Å². The summed E-state index contributed by atoms with van der Waals surface area (Å²) in [7, 11) is 6.42. The lowest BCUT2D eigenvalue weighted by molar-refractivity contribution is -0.145. The SMILES string of the molecule is COc1cc(OC)cc(C(=O)N2C[C@@H]3CC[C@H](C2)N(CC(=O)N(C)C)C3=O)c1. The molecule has 0 aromatic heterocycles. The van der Waals surface area contributed by atoms with Gasteiger partial charge in [-0.15, -0.1) is 0 Å². The minimum atomic E-state index is -0.273. The van der Waals surface area contributed by atoms with Crippen LogP contribution in [-0.2, 0) is 9.59 Å². The summed E-state index contributed by atoms with van der Waals surface area (Å²) in [6.45, 7) is 0.837. The average molecular weight is 389 g/mol. The first-order chi connectivity index (χ1) is 13.3. The summed E-state index contributed by atoms with van der Waals surface area (Å²) in [5, 5.41) is 0. The first kappa shape index (κ1) is 20.0. The fourth-order valence-electron chi connectivity index (χ4n) is 3.81. The molecule has 4 rings (SSSR count). The van der Waals surface area contributed by atoms with Gasteiger partial charge in [0.2, 0.25) is 11.8 Å². The molecule has 2 atom stereocenters. The number of benzene rings is 1. The van der Waals surface area contributed by atoms with Crippen LogP contribution in [0.5, 0.6) is 11.5 Å². The molecule has 3 saturated heterocycles. The molecule has 0 aliphatic carbocycles. The summed E-state index contributed by atoms with van der Waals surface area (Å²) in [5.74, 6) is 0.485. The van der Waals surface area contributed by atoms with Gasteiger partial charge in [0.1, 0.15) is 18.0 Å². The second-order valence-corrected chi connectivity index (χ2v) is 7.49. The van der Waals surface area contributed by atoms with Gasteiger partial charge in [-0.25, -0.2) is 0 Å². The van der Waals surface area contributed by atoms with Gasteiger partial charge in [-0.1, -0.05) is 0 Å². The van der Waals surface area contributed by atoms with E-state index in [1.807, 2.05) is 0 Å². The molecule has 0 saturated carbocycles. The zero-order valence-corrected chi connectivity index (χ0v) is 16.8. The second kappa shape index (κ2) is 8.08. The van der Waals surface area contributed by atoms with E-state index in [9.17, 15) is 14.4 Å². The highest BCUT2D eigenvalue weighted by Gasteiger charge is 2.42. The standard InChI is InChI=1S/C20H27N3O5/c1-21(2)18(24)12-23-15-6-5-13(20(23)26)10-22(11-15)19(25)14-7-16(27-3)9-17(8-14)28-4/h7-9,13,15H,5-6,10-12H2,1-4H3/t13-,15+/m0/s1. The lowest BCUT2D eigenvalue weighted by atomic mass is 9.94. The number of nitrogens with zero attached hydrogens (tertiary/aromatic N) is 3. The van der Waals surface area contributed by atoms with Gasteiger partial charge in [-0.3, -0.25) is 14.4 Å². The Labute approximate surface area is 165 Å². The van der Waals surface area contributed by atoms with Crippen molar-refractivity contribution in [3.05, 3.63) is 23.8 Å². The normalized spacial score (nSPS) is 21.4. The van der Waals surface area contributed by atoms with Crippen LogP contribution in [0.15, 0.2) is 18.2 Å². The summed E-state index contributed by atoms with van der Waals surface area (Å²) in [6, 6.07) is 4.91. The van der Waals surface area contributed by atoms with E-state index in [0.717, 1.165) is 12.8 Å². The number of likely N-dealkylation sites (N-methyl/N-ethyl adjacent to an activating group) is 1. The first-order valence-corrected chi connectivity index (χ1v) is 9.37. The Hall–Kier alpha value is -2.77. The molecule has 1 aromatic carbocycles. The summed E-state index contributed by atoms with van der Waals surface area (Å²) in [6.07, 6.45) is 1.53. The van der Waals surface area contributed by atoms with Gasteiger partial charge in [0.05, 0.1) is 20.1 Å². The molecule has 8 nitrogen and oxygen atoms in total. The van der Waals surface area contributed by atoms with Crippen LogP contribution in [0.4, 0.5) is 0 Å². The summed E-state index contributed by atoms with van der Waals surface area (Å²) < 4.78 is 10.5. The van der Waals surface area contributed by atoms with Gasteiger partial charge in [-0.05, 0) is 25.0 Å². The molecule has 0 unspecified atom stereocenters. The molecule has 1 aromatic rings. The number of fused-ring (bicyclic) bond motifs is 4. The number of carbonyl (C=O) groups is 3. The fourth-order valence-corrected chi connectivity index (χ4v) is 3.81. The van der Waals surface area contributed by atoms with Crippen LogP contribution in [0.25, 0.3) is 0 Å². The minimum Gasteiger partial charge on any atom is -0.497 e. The second-order valence-electron chi connectivity index (χ2n) is 7.49. The topological polar surface area (TPSA) is 79.4 Å². The van der Waals surface area contributed by atoms with Gasteiger partial charge < -0.3 is 24.2 Å². The third-order valence-corrected chi connectivity index (χ3v) is 5.48. The predicted molar refractivity (Wildman–Crippen MR) is 102 cm³/mol. The van der Waals surface area contributed by atoms with E-state index in [-0.39, 0.29) is 36.2 Å². The van der Waals surface area contributed by atoms with Crippen LogP contribution < -0.4 is 9.47 Å². The third kappa shape index (κ3) is 3.90. The van der Waals surface area contributed by atoms with Gasteiger partial charge in [0.25, 0.3) is 5.91 Å². The lowest BCUT2D eigenvalue weighted by Gasteiger charge is -2.35. The molecular weight excluding hydrogens is 362 g/mol. The van der Waals surface area contributed by atoms with E-state index < -0.39 is 0 Å². The quantitative estimate of drug-likeness (QED) is 0.746. The third-order valence-electron chi connectivity index (χ3n) is 5.48. The number of piperidine rings is 1. The molecular formula is C20H27N3O5. The van der Waals surface area contributed by atoms with Crippen LogP contribution in [0.3, 0.4) is 0 Å². The van der Waals surface area contributed by atoms with Crippen molar-refractivity contribution < 1.29 is 23.9 Å². The van der Waals surface area contributed by atoms with Gasteiger partial charge in [0.15, 0.2) is 0 Å². The van der Waals surface area contributed by atoms with Crippen molar-refractivity contribution in [2.24, 2.45) is 5.92 Å². The average Bonchev–Trinajstić information content (AvgIpc) is 2.99. The Kier molecular flexibility index (Phi) is 5.76. The van der Waals surface area contributed by atoms with E-state index in [1.165, 1.54) is 19.1 Å². The van der Waals surface area contributed by atoms with Crippen molar-refractivity contribution in [2.45, 2.75) is 18.9 Å². The van der Waals surface area contributed by atoms with Gasteiger partial charge in [-0.2, -0.15) is 0 Å². The molecule has 3 heterocycles.